The van der Waals surface area contributed by atoms with Crippen molar-refractivity contribution in [1.82, 2.24) is 15.4 Å². The molecule has 7 nitrogen and oxygen atoms in total. The second-order valence-corrected chi connectivity index (χ2v) is 13.8. The first kappa shape index (κ1) is 32.8. The van der Waals surface area contributed by atoms with E-state index >= 15 is 0 Å². The number of benzene rings is 5. The molecule has 0 aliphatic carbocycles. The summed E-state index contributed by atoms with van der Waals surface area (Å²) in [5.41, 5.74) is 7.10. The van der Waals surface area contributed by atoms with Crippen molar-refractivity contribution in [2.75, 3.05) is 5.32 Å². The van der Waals surface area contributed by atoms with Crippen LogP contribution in [0.4, 0.5) is 15.8 Å². The fraction of sp³-hybridized carbons (Fsp3) is 0.0811. The Bertz CT molecular complexity index is 2170. The normalized spacial score (nSPS) is 16.8. The van der Waals surface area contributed by atoms with Gasteiger partial charge in [-0.2, -0.15) is 10.1 Å². The summed E-state index contributed by atoms with van der Waals surface area (Å²) in [6.45, 7) is 0. The van der Waals surface area contributed by atoms with Crippen molar-refractivity contribution in [3.8, 4) is 0 Å². The Morgan fingerprint density at radius 2 is 1.65 bits per heavy atom. The van der Waals surface area contributed by atoms with Gasteiger partial charge in [-0.1, -0.05) is 108 Å². The second-order valence-electron chi connectivity index (χ2n) is 11.4. The molecule has 0 saturated carbocycles. The molecule has 5 aromatic rings. The first-order chi connectivity index (χ1) is 23.7. The lowest BCUT2D eigenvalue weighted by molar-refractivity contribution is -0.132. The quantitative estimate of drug-likeness (QED) is 0.123. The zero-order chi connectivity index (χ0) is 34.1. The molecule has 1 fully saturated rings. The molecule has 0 spiro atoms. The summed E-state index contributed by atoms with van der Waals surface area (Å²) >= 11 is 19.3. The number of thiocarbonyl (C=S) groups is 1. The van der Waals surface area contributed by atoms with E-state index in [1.807, 2.05) is 42.5 Å². The molecule has 0 bridgehead atoms. The summed E-state index contributed by atoms with van der Waals surface area (Å²) in [5, 5.41) is 14.0. The molecule has 2 aliphatic heterocycles. The monoisotopic (exact) mass is 725 g/mol. The van der Waals surface area contributed by atoms with E-state index in [0.29, 0.717) is 33.4 Å². The summed E-state index contributed by atoms with van der Waals surface area (Å²) in [6, 6.07) is 32.6. The van der Waals surface area contributed by atoms with E-state index in [2.05, 4.69) is 28.9 Å². The summed E-state index contributed by atoms with van der Waals surface area (Å²) in [4.78, 5) is 27.2. The number of amides is 2. The van der Waals surface area contributed by atoms with Gasteiger partial charge in [-0.25, -0.2) is 4.39 Å². The number of nitrogens with zero attached hydrogens (tertiary/aromatic N) is 3. The van der Waals surface area contributed by atoms with E-state index in [9.17, 15) is 14.0 Å². The molecule has 49 heavy (non-hydrogen) atoms. The molecule has 244 valence electrons. The lowest BCUT2D eigenvalue weighted by Crippen LogP contribution is -2.45. The predicted octanol–water partition coefficient (Wildman–Crippen LogP) is 9.16. The van der Waals surface area contributed by atoms with Crippen LogP contribution in [-0.2, 0) is 16.0 Å². The van der Waals surface area contributed by atoms with E-state index in [0.717, 1.165) is 44.4 Å². The van der Waals surface area contributed by atoms with Gasteiger partial charge in [-0.15, -0.1) is 0 Å². The molecular formula is C37H26Cl2FN5O2S2. The van der Waals surface area contributed by atoms with Crippen LogP contribution in [-0.4, -0.2) is 31.9 Å². The fourth-order valence-electron chi connectivity index (χ4n) is 5.71. The van der Waals surface area contributed by atoms with Crippen molar-refractivity contribution >= 4 is 91.2 Å². The third kappa shape index (κ3) is 7.04. The molecule has 2 amide bonds. The number of hydrogen-bond donors (Lipinski definition) is 2. The standard InChI is InChI=1S/C37H26Cl2FN5O2S2/c38-28-9-5-10-29(39)35(28)41-30-11-4-3-8-25(30)19-34(46)43-45-36(47)33(49-37(45)48)21-44-32(23-14-16-27(40)17-15-23)20-31(42-44)26-13-12-22-6-1-2-7-24(22)18-26/h1-18,21,32,41H,19-20H2,(H,43,46)/b33-21-. The van der Waals surface area contributed by atoms with Crippen molar-refractivity contribution in [3.63, 3.8) is 0 Å². The predicted molar refractivity (Wildman–Crippen MR) is 199 cm³/mol. The van der Waals surface area contributed by atoms with Gasteiger partial charge in [-0.05, 0) is 76.1 Å². The molecule has 1 atom stereocenters. The maximum Gasteiger partial charge on any atom is 0.286 e. The van der Waals surface area contributed by atoms with Gasteiger partial charge in [-0.3, -0.25) is 20.0 Å². The summed E-state index contributed by atoms with van der Waals surface area (Å²) in [6.07, 6.45) is 2.12. The van der Waals surface area contributed by atoms with Crippen LogP contribution in [0, 0.1) is 5.82 Å². The Hall–Kier alpha value is -4.74. The number of para-hydroxylation sites is 2. The zero-order valence-corrected chi connectivity index (χ0v) is 28.7. The number of hydrazine groups is 1. The number of fused-ring (bicyclic) bond motifs is 1. The highest BCUT2D eigenvalue weighted by atomic mass is 35.5. The molecule has 7 rings (SSSR count). The van der Waals surface area contributed by atoms with Crippen molar-refractivity contribution < 1.29 is 14.0 Å². The van der Waals surface area contributed by atoms with Crippen LogP contribution in [0.25, 0.3) is 10.8 Å². The summed E-state index contributed by atoms with van der Waals surface area (Å²) in [7, 11) is 0. The smallest absolute Gasteiger partial charge is 0.286 e. The molecular weight excluding hydrogens is 700 g/mol. The first-order valence-corrected chi connectivity index (χ1v) is 17.2. The molecule has 1 unspecified atom stereocenters. The Morgan fingerprint density at radius 1 is 0.939 bits per heavy atom. The van der Waals surface area contributed by atoms with E-state index in [1.165, 1.54) is 12.1 Å². The lowest BCUT2D eigenvalue weighted by atomic mass is 9.97. The Labute approximate surface area is 301 Å². The third-order valence-electron chi connectivity index (χ3n) is 8.15. The molecule has 1 saturated heterocycles. The Balaban J connectivity index is 1.11. The van der Waals surface area contributed by atoms with Gasteiger partial charge in [0.05, 0.1) is 38.8 Å². The number of hydrazone groups is 1. The molecule has 2 heterocycles. The number of thioether (sulfide) groups is 1. The Morgan fingerprint density at radius 3 is 2.43 bits per heavy atom. The van der Waals surface area contributed by atoms with Crippen LogP contribution in [0.3, 0.4) is 0 Å². The van der Waals surface area contributed by atoms with Crippen molar-refractivity contribution in [3.05, 3.63) is 153 Å². The van der Waals surface area contributed by atoms with Gasteiger partial charge >= 0.3 is 0 Å². The van der Waals surface area contributed by atoms with Crippen LogP contribution in [0.1, 0.15) is 29.2 Å². The van der Waals surface area contributed by atoms with Crippen LogP contribution < -0.4 is 10.7 Å². The number of hydrogen-bond acceptors (Lipinski definition) is 7. The molecule has 5 aromatic carbocycles. The van der Waals surface area contributed by atoms with Crippen LogP contribution in [0.5, 0.6) is 0 Å². The number of carbonyl (C=O) groups excluding carboxylic acids is 2. The van der Waals surface area contributed by atoms with Gasteiger partial charge < -0.3 is 5.32 Å². The minimum atomic E-state index is -0.482. The average molecular weight is 727 g/mol. The Kier molecular flexibility index (Phi) is 9.38. The minimum absolute atomic E-state index is 0.0560. The lowest BCUT2D eigenvalue weighted by Gasteiger charge is -2.21. The van der Waals surface area contributed by atoms with E-state index in [1.54, 1.807) is 47.6 Å². The molecule has 2 aliphatic rings. The number of halogens is 3. The highest BCUT2D eigenvalue weighted by Crippen LogP contribution is 2.38. The maximum atomic E-state index is 13.8. The van der Waals surface area contributed by atoms with Crippen LogP contribution in [0.15, 0.2) is 125 Å². The van der Waals surface area contributed by atoms with Gasteiger partial charge in [0, 0.05) is 18.3 Å². The highest BCUT2D eigenvalue weighted by molar-refractivity contribution is 8.26. The van der Waals surface area contributed by atoms with Gasteiger partial charge in [0.1, 0.15) is 5.82 Å². The number of carbonyl (C=O) groups is 2. The molecule has 0 radical (unpaired) electrons. The first-order valence-electron chi connectivity index (χ1n) is 15.2. The van der Waals surface area contributed by atoms with Gasteiger partial charge in [0.2, 0.25) is 5.91 Å². The average Bonchev–Trinajstić information content (AvgIpc) is 3.63. The summed E-state index contributed by atoms with van der Waals surface area (Å²) in [5.74, 6) is -1.27. The van der Waals surface area contributed by atoms with Crippen molar-refractivity contribution in [1.29, 1.82) is 0 Å². The minimum Gasteiger partial charge on any atom is -0.353 e. The number of anilines is 2. The fourth-order valence-corrected chi connectivity index (χ4v) is 7.34. The van der Waals surface area contributed by atoms with Crippen molar-refractivity contribution in [2.24, 2.45) is 5.10 Å². The largest absolute Gasteiger partial charge is 0.353 e. The van der Waals surface area contributed by atoms with E-state index in [4.69, 9.17) is 40.5 Å². The highest BCUT2D eigenvalue weighted by Gasteiger charge is 2.36. The second kappa shape index (κ2) is 14.0. The topological polar surface area (TPSA) is 77.0 Å². The van der Waals surface area contributed by atoms with E-state index < -0.39 is 11.8 Å². The summed E-state index contributed by atoms with van der Waals surface area (Å²) < 4.78 is 14.0. The van der Waals surface area contributed by atoms with Crippen molar-refractivity contribution in [2.45, 2.75) is 18.9 Å². The zero-order valence-electron chi connectivity index (χ0n) is 25.6. The molecule has 0 aromatic heterocycles. The van der Waals surface area contributed by atoms with E-state index in [-0.39, 0.29) is 27.5 Å². The molecule has 2 N–H and O–H groups in total. The maximum absolute atomic E-state index is 13.8. The number of nitrogens with one attached hydrogen (secondary N) is 2. The third-order valence-corrected chi connectivity index (χ3v) is 10.1. The van der Waals surface area contributed by atoms with Gasteiger partial charge in [0.15, 0.2) is 4.32 Å². The van der Waals surface area contributed by atoms with Crippen LogP contribution >= 0.6 is 47.2 Å². The van der Waals surface area contributed by atoms with Gasteiger partial charge in [0.25, 0.3) is 5.91 Å². The number of rotatable bonds is 8. The molecule has 12 heteroatoms. The SMILES string of the molecule is O=C(Cc1ccccc1Nc1c(Cl)cccc1Cl)NN1C(=O)/C(=C/N2N=C(c3ccc4ccccc4c3)CC2c2ccc(F)cc2)SC1=S. The van der Waals surface area contributed by atoms with Crippen LogP contribution in [0.2, 0.25) is 10.0 Å².